The van der Waals surface area contributed by atoms with E-state index in [4.69, 9.17) is 15.0 Å². The van der Waals surface area contributed by atoms with E-state index in [2.05, 4.69) is 6.92 Å². The number of rotatable bonds is 12. The first-order valence-corrected chi connectivity index (χ1v) is 14.4. The largest absolute Gasteiger partial charge is 0.461 e. The Bertz CT molecular complexity index is 1330. The summed E-state index contributed by atoms with van der Waals surface area (Å²) in [5.41, 5.74) is 3.55. The number of carbonyl (C=O) groups is 1. The molecule has 1 aromatic heterocycles. The molecule has 10 heteroatoms. The lowest BCUT2D eigenvalue weighted by molar-refractivity contribution is 0.0509. The Kier molecular flexibility index (Phi) is 9.56. The molecule has 0 fully saturated rings. The third-order valence-electron chi connectivity index (χ3n) is 5.62. The molecule has 0 amide bonds. The SMILES string of the molecule is CCCCc1nc(SC)c(C(=O)OCC)n1Cc1ccc(Cc2ccc(S(=O)(=O)NC#N)cc2)cc1. The number of esters is 1. The molecule has 0 aliphatic rings. The van der Waals surface area contributed by atoms with Crippen molar-refractivity contribution in [1.29, 1.82) is 5.26 Å². The van der Waals surface area contributed by atoms with Crippen LogP contribution in [0.3, 0.4) is 0 Å². The van der Waals surface area contributed by atoms with E-state index < -0.39 is 10.0 Å². The summed E-state index contributed by atoms with van der Waals surface area (Å²) < 4.78 is 33.0. The second-order valence-corrected chi connectivity index (χ2v) is 10.6. The van der Waals surface area contributed by atoms with Crippen LogP contribution in [0.15, 0.2) is 58.5 Å². The van der Waals surface area contributed by atoms with Crippen molar-refractivity contribution < 1.29 is 17.9 Å². The van der Waals surface area contributed by atoms with Crippen molar-refractivity contribution in [3.05, 3.63) is 76.7 Å². The fraction of sp³-hybridized carbons (Fsp3) is 0.346. The van der Waals surface area contributed by atoms with Crippen molar-refractivity contribution in [3.63, 3.8) is 0 Å². The van der Waals surface area contributed by atoms with Crippen molar-refractivity contribution in [1.82, 2.24) is 14.3 Å². The minimum absolute atomic E-state index is 0.0457. The lowest BCUT2D eigenvalue weighted by atomic mass is 10.0. The summed E-state index contributed by atoms with van der Waals surface area (Å²) >= 11 is 1.45. The van der Waals surface area contributed by atoms with Gasteiger partial charge in [0.25, 0.3) is 10.0 Å². The van der Waals surface area contributed by atoms with Crippen molar-refractivity contribution in [2.45, 2.75) is 56.0 Å². The minimum Gasteiger partial charge on any atom is -0.461 e. The summed E-state index contributed by atoms with van der Waals surface area (Å²) in [7, 11) is -3.81. The van der Waals surface area contributed by atoms with E-state index in [1.807, 2.05) is 39.8 Å². The summed E-state index contributed by atoms with van der Waals surface area (Å²) in [4.78, 5) is 17.5. The van der Waals surface area contributed by atoms with Gasteiger partial charge in [0, 0.05) is 13.0 Å². The third kappa shape index (κ3) is 6.68. The highest BCUT2D eigenvalue weighted by Crippen LogP contribution is 2.25. The molecule has 0 spiro atoms. The van der Waals surface area contributed by atoms with E-state index in [1.165, 1.54) is 30.1 Å². The number of hydrogen-bond acceptors (Lipinski definition) is 7. The number of aryl methyl sites for hydroxylation is 1. The number of sulfonamides is 1. The molecule has 0 aliphatic carbocycles. The van der Waals surface area contributed by atoms with E-state index >= 15 is 0 Å². The molecule has 0 unspecified atom stereocenters. The molecule has 2 aromatic carbocycles. The summed E-state index contributed by atoms with van der Waals surface area (Å²) in [6.45, 7) is 4.74. The fourth-order valence-corrected chi connectivity index (χ4v) is 5.11. The molecular weight excluding hydrogens is 496 g/mol. The molecule has 3 aromatic rings. The van der Waals surface area contributed by atoms with E-state index in [1.54, 1.807) is 19.1 Å². The summed E-state index contributed by atoms with van der Waals surface area (Å²) in [5, 5.41) is 9.28. The maximum absolute atomic E-state index is 12.7. The van der Waals surface area contributed by atoms with Crippen molar-refractivity contribution in [2.75, 3.05) is 12.9 Å². The molecule has 3 rings (SSSR count). The first-order chi connectivity index (χ1) is 17.3. The van der Waals surface area contributed by atoms with Crippen LogP contribution in [-0.4, -0.2) is 36.8 Å². The van der Waals surface area contributed by atoms with Gasteiger partial charge in [0.15, 0.2) is 11.9 Å². The summed E-state index contributed by atoms with van der Waals surface area (Å²) in [6.07, 6.45) is 6.80. The lowest BCUT2D eigenvalue weighted by Crippen LogP contribution is -2.17. The monoisotopic (exact) mass is 526 g/mol. The van der Waals surface area contributed by atoms with Crippen LogP contribution in [0.2, 0.25) is 0 Å². The molecule has 36 heavy (non-hydrogen) atoms. The predicted octanol–water partition coefficient (Wildman–Crippen LogP) is 4.52. The Labute approximate surface area is 216 Å². The Hall–Kier alpha value is -3.29. The fourth-order valence-electron chi connectivity index (χ4n) is 3.80. The predicted molar refractivity (Wildman–Crippen MR) is 139 cm³/mol. The van der Waals surface area contributed by atoms with Crippen LogP contribution in [0.4, 0.5) is 0 Å². The molecule has 190 valence electrons. The Balaban J connectivity index is 1.80. The number of carbonyl (C=O) groups excluding carboxylic acids is 1. The van der Waals surface area contributed by atoms with Gasteiger partial charge in [-0.2, -0.15) is 5.26 Å². The van der Waals surface area contributed by atoms with Crippen molar-refractivity contribution >= 4 is 27.8 Å². The number of aromatic nitrogens is 2. The lowest BCUT2D eigenvalue weighted by Gasteiger charge is -2.13. The number of imidazole rings is 1. The van der Waals surface area contributed by atoms with Gasteiger partial charge in [0.1, 0.15) is 10.9 Å². The summed E-state index contributed by atoms with van der Waals surface area (Å²) in [6, 6.07) is 14.6. The van der Waals surface area contributed by atoms with Crippen LogP contribution in [0.1, 0.15) is 59.7 Å². The second kappa shape index (κ2) is 12.6. The van der Waals surface area contributed by atoms with Crippen molar-refractivity contribution in [2.24, 2.45) is 0 Å². The number of nitrogens with zero attached hydrogens (tertiary/aromatic N) is 3. The number of nitriles is 1. The zero-order valence-electron chi connectivity index (χ0n) is 20.7. The molecular formula is C26H30N4O4S2. The van der Waals surface area contributed by atoms with Gasteiger partial charge in [-0.05, 0) is 54.8 Å². The molecule has 1 heterocycles. The topological polar surface area (TPSA) is 114 Å². The van der Waals surface area contributed by atoms with E-state index in [0.717, 1.165) is 41.8 Å². The molecule has 1 N–H and O–H groups in total. The Morgan fingerprint density at radius 1 is 1.08 bits per heavy atom. The van der Waals surface area contributed by atoms with E-state index in [0.29, 0.717) is 30.3 Å². The normalized spacial score (nSPS) is 11.2. The highest BCUT2D eigenvalue weighted by Gasteiger charge is 2.23. The summed E-state index contributed by atoms with van der Waals surface area (Å²) in [5.74, 6) is 0.526. The van der Waals surface area contributed by atoms with Gasteiger partial charge in [-0.1, -0.05) is 49.7 Å². The Morgan fingerprint density at radius 2 is 1.69 bits per heavy atom. The Morgan fingerprint density at radius 3 is 2.25 bits per heavy atom. The standard InChI is InChI=1S/C26H30N4O4S2/c1-4-6-7-23-29-25(35-3)24(26(31)34-5-2)30(23)17-21-10-8-19(9-11-21)16-20-12-14-22(15-13-20)36(32,33)28-18-27/h8-15,28H,4-7,16-17H2,1-3H3. The number of ether oxygens (including phenoxy) is 1. The number of nitrogens with one attached hydrogen (secondary N) is 1. The maximum atomic E-state index is 12.7. The van der Waals surface area contributed by atoms with Gasteiger partial charge in [-0.15, -0.1) is 11.8 Å². The first-order valence-electron chi connectivity index (χ1n) is 11.7. The molecule has 0 atom stereocenters. The van der Waals surface area contributed by atoms with Crippen LogP contribution in [-0.2, 0) is 34.1 Å². The van der Waals surface area contributed by atoms with Crippen LogP contribution in [0.5, 0.6) is 0 Å². The van der Waals surface area contributed by atoms with Crippen LogP contribution in [0, 0.1) is 11.5 Å². The van der Waals surface area contributed by atoms with Gasteiger partial charge in [-0.3, -0.25) is 0 Å². The molecule has 0 radical (unpaired) electrons. The van der Waals surface area contributed by atoms with Gasteiger partial charge < -0.3 is 9.30 Å². The molecule has 0 aliphatic heterocycles. The van der Waals surface area contributed by atoms with Crippen molar-refractivity contribution in [3.8, 4) is 6.19 Å². The molecule has 8 nitrogen and oxygen atoms in total. The third-order valence-corrected chi connectivity index (χ3v) is 7.54. The van der Waals surface area contributed by atoms with Crippen LogP contribution < -0.4 is 4.72 Å². The van der Waals surface area contributed by atoms with Gasteiger partial charge in [-0.25, -0.2) is 22.9 Å². The number of benzene rings is 2. The first kappa shape index (κ1) is 27.3. The average molecular weight is 527 g/mol. The van der Waals surface area contributed by atoms with E-state index in [9.17, 15) is 13.2 Å². The minimum atomic E-state index is -3.81. The zero-order chi connectivity index (χ0) is 26.1. The van der Waals surface area contributed by atoms with E-state index in [-0.39, 0.29) is 10.9 Å². The smallest absolute Gasteiger partial charge is 0.357 e. The highest BCUT2D eigenvalue weighted by atomic mass is 32.2. The van der Waals surface area contributed by atoms with Gasteiger partial charge in [0.2, 0.25) is 0 Å². The highest BCUT2D eigenvalue weighted by molar-refractivity contribution is 7.98. The molecule has 0 bridgehead atoms. The second-order valence-electron chi connectivity index (χ2n) is 8.15. The quantitative estimate of drug-likeness (QED) is 0.160. The molecule has 0 saturated carbocycles. The maximum Gasteiger partial charge on any atom is 0.357 e. The molecule has 0 saturated heterocycles. The van der Waals surface area contributed by atoms with Crippen LogP contribution in [0.25, 0.3) is 0 Å². The number of unbranched alkanes of at least 4 members (excludes halogenated alkanes) is 1. The van der Waals surface area contributed by atoms with Gasteiger partial charge >= 0.3 is 5.97 Å². The average Bonchev–Trinajstić information content (AvgIpc) is 3.21. The van der Waals surface area contributed by atoms with Gasteiger partial charge in [0.05, 0.1) is 11.5 Å². The van der Waals surface area contributed by atoms with Crippen LogP contribution >= 0.6 is 11.8 Å². The number of thioether (sulfide) groups is 1. The zero-order valence-corrected chi connectivity index (χ0v) is 22.3. The number of hydrogen-bond donors (Lipinski definition) is 1.